The second-order valence-electron chi connectivity index (χ2n) is 1.73. The summed E-state index contributed by atoms with van der Waals surface area (Å²) < 4.78 is 4.72. The Balaban J connectivity index is 2.90. The van der Waals surface area contributed by atoms with E-state index in [0.29, 0.717) is 5.76 Å². The summed E-state index contributed by atoms with van der Waals surface area (Å²) >= 11 is 5.21. The van der Waals surface area contributed by atoms with Gasteiger partial charge in [-0.05, 0) is 12.1 Å². The van der Waals surface area contributed by atoms with Crippen LogP contribution < -0.4 is 0 Å². The standard InChI is InChI=1S/C6H4ClNO3/c7-4-3-5-1-2-6(11-5)8(9)10/h1-4H/b4-3+. The van der Waals surface area contributed by atoms with E-state index in [4.69, 9.17) is 16.0 Å². The molecule has 0 N–H and O–H groups in total. The first-order chi connectivity index (χ1) is 5.24. The van der Waals surface area contributed by atoms with Crippen LogP contribution in [0.3, 0.4) is 0 Å². The Bertz CT molecular complexity index is 292. The van der Waals surface area contributed by atoms with Crippen LogP contribution in [0.4, 0.5) is 5.88 Å². The van der Waals surface area contributed by atoms with Gasteiger partial charge in [0.2, 0.25) is 0 Å². The Hall–Kier alpha value is -1.29. The normalized spacial score (nSPS) is 10.6. The molecule has 1 aromatic rings. The Kier molecular flexibility index (Phi) is 2.28. The van der Waals surface area contributed by atoms with Gasteiger partial charge in [0, 0.05) is 5.54 Å². The lowest BCUT2D eigenvalue weighted by atomic mass is 10.4. The number of furan rings is 1. The summed E-state index contributed by atoms with van der Waals surface area (Å²) in [4.78, 5) is 9.47. The third-order valence-electron chi connectivity index (χ3n) is 1.02. The summed E-state index contributed by atoms with van der Waals surface area (Å²) in [6.45, 7) is 0. The summed E-state index contributed by atoms with van der Waals surface area (Å²) in [5, 5.41) is 10.1. The Morgan fingerprint density at radius 1 is 1.64 bits per heavy atom. The number of nitro groups is 1. The third-order valence-corrected chi connectivity index (χ3v) is 1.15. The lowest BCUT2D eigenvalue weighted by Crippen LogP contribution is -1.82. The van der Waals surface area contributed by atoms with Crippen LogP contribution in [0.2, 0.25) is 0 Å². The minimum absolute atomic E-state index is 0.283. The van der Waals surface area contributed by atoms with Gasteiger partial charge in [-0.15, -0.1) is 0 Å². The fourth-order valence-electron chi connectivity index (χ4n) is 0.592. The molecule has 0 saturated heterocycles. The van der Waals surface area contributed by atoms with Crippen LogP contribution in [-0.2, 0) is 0 Å². The van der Waals surface area contributed by atoms with Crippen molar-refractivity contribution >= 4 is 23.6 Å². The zero-order valence-electron chi connectivity index (χ0n) is 5.36. The number of rotatable bonds is 2. The van der Waals surface area contributed by atoms with Crippen molar-refractivity contribution in [2.45, 2.75) is 0 Å². The van der Waals surface area contributed by atoms with E-state index in [1.807, 2.05) is 0 Å². The molecule has 0 unspecified atom stereocenters. The van der Waals surface area contributed by atoms with Crippen LogP contribution in [-0.4, -0.2) is 4.92 Å². The maximum atomic E-state index is 10.1. The molecule has 0 bridgehead atoms. The summed E-state index contributed by atoms with van der Waals surface area (Å²) in [5.41, 5.74) is 1.22. The zero-order valence-corrected chi connectivity index (χ0v) is 6.12. The molecular weight excluding hydrogens is 170 g/mol. The van der Waals surface area contributed by atoms with Gasteiger partial charge in [0.25, 0.3) is 0 Å². The second kappa shape index (κ2) is 3.21. The van der Waals surface area contributed by atoms with Gasteiger partial charge in [-0.3, -0.25) is 10.1 Å². The van der Waals surface area contributed by atoms with E-state index in [2.05, 4.69) is 0 Å². The molecule has 0 aliphatic heterocycles. The maximum Gasteiger partial charge on any atom is 0.433 e. The molecule has 11 heavy (non-hydrogen) atoms. The highest BCUT2D eigenvalue weighted by Crippen LogP contribution is 2.16. The van der Waals surface area contributed by atoms with Gasteiger partial charge in [-0.2, -0.15) is 0 Å². The molecule has 0 saturated carbocycles. The highest BCUT2D eigenvalue weighted by molar-refractivity contribution is 6.27. The average Bonchev–Trinajstić information content (AvgIpc) is 2.37. The van der Waals surface area contributed by atoms with Gasteiger partial charge in [0.15, 0.2) is 0 Å². The van der Waals surface area contributed by atoms with Crippen molar-refractivity contribution in [3.8, 4) is 0 Å². The van der Waals surface area contributed by atoms with E-state index >= 15 is 0 Å². The van der Waals surface area contributed by atoms with Crippen LogP contribution in [0, 0.1) is 10.1 Å². The molecule has 1 heterocycles. The summed E-state index contributed by atoms with van der Waals surface area (Å²) in [5.74, 6) is 0.0847. The van der Waals surface area contributed by atoms with Crippen LogP contribution in [0.5, 0.6) is 0 Å². The minimum atomic E-state index is -0.606. The van der Waals surface area contributed by atoms with Gasteiger partial charge in [-0.25, -0.2) is 0 Å². The maximum absolute atomic E-state index is 10.1. The first-order valence-corrected chi connectivity index (χ1v) is 3.18. The Labute approximate surface area is 67.2 Å². The first kappa shape index (κ1) is 7.81. The molecule has 58 valence electrons. The molecule has 0 radical (unpaired) electrons. The summed E-state index contributed by atoms with van der Waals surface area (Å²) in [6, 6.07) is 2.74. The highest BCUT2D eigenvalue weighted by atomic mass is 35.5. The predicted molar refractivity (Wildman–Crippen MR) is 40.2 cm³/mol. The van der Waals surface area contributed by atoms with Gasteiger partial charge in [0.1, 0.15) is 10.7 Å². The fraction of sp³-hybridized carbons (Fsp3) is 0. The van der Waals surface area contributed by atoms with Crippen molar-refractivity contribution in [3.63, 3.8) is 0 Å². The van der Waals surface area contributed by atoms with E-state index < -0.39 is 4.92 Å². The zero-order chi connectivity index (χ0) is 8.27. The summed E-state index contributed by atoms with van der Waals surface area (Å²) in [6.07, 6.45) is 1.43. The number of hydrogen-bond acceptors (Lipinski definition) is 3. The van der Waals surface area contributed by atoms with E-state index in [9.17, 15) is 10.1 Å². The minimum Gasteiger partial charge on any atom is -0.401 e. The van der Waals surface area contributed by atoms with E-state index in [1.54, 1.807) is 0 Å². The van der Waals surface area contributed by atoms with Crippen molar-refractivity contribution in [3.05, 3.63) is 33.5 Å². The molecule has 0 fully saturated rings. The van der Waals surface area contributed by atoms with Gasteiger partial charge in [0.05, 0.1) is 6.07 Å². The quantitative estimate of drug-likeness (QED) is 0.510. The van der Waals surface area contributed by atoms with Crippen molar-refractivity contribution in [2.75, 3.05) is 0 Å². The SMILES string of the molecule is O=[N+]([O-])c1ccc(/C=C/Cl)o1. The topological polar surface area (TPSA) is 56.3 Å². The van der Waals surface area contributed by atoms with Crippen molar-refractivity contribution in [1.82, 2.24) is 0 Å². The largest absolute Gasteiger partial charge is 0.433 e. The van der Waals surface area contributed by atoms with Crippen LogP contribution >= 0.6 is 11.6 Å². The predicted octanol–water partition coefficient (Wildman–Crippen LogP) is 2.40. The lowest BCUT2D eigenvalue weighted by molar-refractivity contribution is -0.402. The summed E-state index contributed by atoms with van der Waals surface area (Å²) in [7, 11) is 0. The monoisotopic (exact) mass is 173 g/mol. The van der Waals surface area contributed by atoms with Crippen molar-refractivity contribution in [1.29, 1.82) is 0 Å². The molecular formula is C6H4ClNO3. The van der Waals surface area contributed by atoms with Gasteiger partial charge >= 0.3 is 5.88 Å². The fourth-order valence-corrected chi connectivity index (χ4v) is 0.716. The van der Waals surface area contributed by atoms with Gasteiger partial charge < -0.3 is 4.42 Å². The highest BCUT2D eigenvalue weighted by Gasteiger charge is 2.09. The molecule has 0 amide bonds. The number of hydrogen-bond donors (Lipinski definition) is 0. The molecule has 0 aliphatic carbocycles. The molecule has 4 nitrogen and oxygen atoms in total. The molecule has 5 heteroatoms. The van der Waals surface area contributed by atoms with E-state index in [-0.39, 0.29) is 5.88 Å². The van der Waals surface area contributed by atoms with Crippen molar-refractivity contribution < 1.29 is 9.34 Å². The molecule has 1 rings (SSSR count). The van der Waals surface area contributed by atoms with Crippen LogP contribution in [0.25, 0.3) is 6.08 Å². The van der Waals surface area contributed by atoms with Gasteiger partial charge in [-0.1, -0.05) is 11.6 Å². The second-order valence-corrected chi connectivity index (χ2v) is 1.98. The van der Waals surface area contributed by atoms with E-state index in [1.165, 1.54) is 23.7 Å². The molecule has 1 aromatic heterocycles. The first-order valence-electron chi connectivity index (χ1n) is 2.75. The van der Waals surface area contributed by atoms with Crippen molar-refractivity contribution in [2.24, 2.45) is 0 Å². The Morgan fingerprint density at radius 2 is 2.36 bits per heavy atom. The molecule has 0 atom stereocenters. The Morgan fingerprint density at radius 3 is 2.82 bits per heavy atom. The third kappa shape index (κ3) is 1.81. The molecule has 0 spiro atoms. The smallest absolute Gasteiger partial charge is 0.401 e. The number of nitrogens with zero attached hydrogens (tertiary/aromatic N) is 1. The lowest BCUT2D eigenvalue weighted by Gasteiger charge is -1.81. The average molecular weight is 174 g/mol. The van der Waals surface area contributed by atoms with Crippen LogP contribution in [0.15, 0.2) is 22.1 Å². The number of halogens is 1. The molecule has 0 aromatic carbocycles. The van der Waals surface area contributed by atoms with Crippen LogP contribution in [0.1, 0.15) is 5.76 Å². The molecule has 0 aliphatic rings. The van der Waals surface area contributed by atoms with E-state index in [0.717, 1.165) is 0 Å².